The van der Waals surface area contributed by atoms with Crippen LogP contribution in [0, 0.1) is 0 Å². The molecule has 1 aromatic heterocycles. The lowest BCUT2D eigenvalue weighted by atomic mass is 10.1. The Morgan fingerprint density at radius 2 is 1.97 bits per heavy atom. The molecule has 0 bridgehead atoms. The topological polar surface area (TPSA) is 85.5 Å². The van der Waals surface area contributed by atoms with Crippen LogP contribution in [0.1, 0.15) is 41.6 Å². The first-order chi connectivity index (χ1) is 14.2. The zero-order valence-corrected chi connectivity index (χ0v) is 16.1. The van der Waals surface area contributed by atoms with Crippen molar-refractivity contribution in [1.29, 1.82) is 0 Å². The molecule has 29 heavy (non-hydrogen) atoms. The molecule has 1 aliphatic rings. The number of benzene rings is 2. The molecular weight excluding hydrogens is 370 g/mol. The number of aromatic nitrogens is 2. The number of carbonyl (C=O) groups excluding carboxylic acids is 2. The van der Waals surface area contributed by atoms with E-state index in [4.69, 9.17) is 9.26 Å². The Bertz CT molecular complexity index is 1030. The van der Waals surface area contributed by atoms with Crippen molar-refractivity contribution in [1.82, 2.24) is 10.1 Å². The van der Waals surface area contributed by atoms with Crippen LogP contribution in [0.4, 0.5) is 5.69 Å². The van der Waals surface area contributed by atoms with Crippen molar-refractivity contribution in [3.63, 3.8) is 0 Å². The minimum Gasteiger partial charge on any atom is -0.452 e. The number of ether oxygens (including phenoxy) is 1. The van der Waals surface area contributed by atoms with Crippen LogP contribution in [0.15, 0.2) is 53.1 Å². The third-order valence-corrected chi connectivity index (χ3v) is 4.90. The SMILES string of the molecule is CCc1ccc(-c2noc(COC(=O)c3ccccc3N3CCCC3=O)n2)cc1. The summed E-state index contributed by atoms with van der Waals surface area (Å²) in [7, 11) is 0. The van der Waals surface area contributed by atoms with Gasteiger partial charge in [0.15, 0.2) is 6.61 Å². The van der Waals surface area contributed by atoms with Crippen LogP contribution in [-0.4, -0.2) is 28.6 Å². The zero-order chi connectivity index (χ0) is 20.2. The number of rotatable bonds is 6. The van der Waals surface area contributed by atoms with Crippen molar-refractivity contribution in [3.8, 4) is 11.4 Å². The van der Waals surface area contributed by atoms with Gasteiger partial charge >= 0.3 is 5.97 Å². The van der Waals surface area contributed by atoms with E-state index in [-0.39, 0.29) is 18.4 Å². The third kappa shape index (κ3) is 4.03. The number of nitrogens with zero attached hydrogens (tertiary/aromatic N) is 3. The van der Waals surface area contributed by atoms with Gasteiger partial charge in [0.2, 0.25) is 11.7 Å². The molecule has 0 N–H and O–H groups in total. The number of esters is 1. The van der Waals surface area contributed by atoms with E-state index in [1.54, 1.807) is 29.2 Å². The fourth-order valence-corrected chi connectivity index (χ4v) is 3.31. The first-order valence-corrected chi connectivity index (χ1v) is 9.64. The van der Waals surface area contributed by atoms with Crippen molar-refractivity contribution in [2.75, 3.05) is 11.4 Å². The number of carbonyl (C=O) groups is 2. The van der Waals surface area contributed by atoms with Gasteiger partial charge in [-0.15, -0.1) is 0 Å². The Morgan fingerprint density at radius 3 is 2.69 bits per heavy atom. The molecule has 7 nitrogen and oxygen atoms in total. The predicted molar refractivity (Wildman–Crippen MR) is 106 cm³/mol. The van der Waals surface area contributed by atoms with Gasteiger partial charge in [-0.2, -0.15) is 4.98 Å². The molecule has 1 saturated heterocycles. The van der Waals surface area contributed by atoms with Crippen LogP contribution in [0.25, 0.3) is 11.4 Å². The minimum atomic E-state index is -0.535. The fourth-order valence-electron chi connectivity index (χ4n) is 3.31. The van der Waals surface area contributed by atoms with Crippen LogP contribution in [0.2, 0.25) is 0 Å². The largest absolute Gasteiger partial charge is 0.452 e. The number of aryl methyl sites for hydroxylation is 1. The van der Waals surface area contributed by atoms with Gasteiger partial charge in [-0.25, -0.2) is 4.79 Å². The Balaban J connectivity index is 1.44. The van der Waals surface area contributed by atoms with Gasteiger partial charge < -0.3 is 14.2 Å². The second-order valence-corrected chi connectivity index (χ2v) is 6.80. The molecule has 2 heterocycles. The van der Waals surface area contributed by atoms with Crippen LogP contribution < -0.4 is 4.90 Å². The lowest BCUT2D eigenvalue weighted by Gasteiger charge is -2.18. The van der Waals surface area contributed by atoms with E-state index >= 15 is 0 Å². The lowest BCUT2D eigenvalue weighted by molar-refractivity contribution is -0.117. The normalized spacial score (nSPS) is 13.7. The lowest BCUT2D eigenvalue weighted by Crippen LogP contribution is -2.26. The molecule has 1 aliphatic heterocycles. The summed E-state index contributed by atoms with van der Waals surface area (Å²) in [4.78, 5) is 30.6. The molecule has 2 aromatic carbocycles. The molecule has 1 fully saturated rings. The van der Waals surface area contributed by atoms with Gasteiger partial charge in [0.1, 0.15) is 0 Å². The van der Waals surface area contributed by atoms with Crippen LogP contribution in [0.3, 0.4) is 0 Å². The second kappa shape index (κ2) is 8.26. The highest BCUT2D eigenvalue weighted by molar-refractivity contribution is 6.03. The average Bonchev–Trinajstić information content (AvgIpc) is 3.41. The first-order valence-electron chi connectivity index (χ1n) is 9.64. The summed E-state index contributed by atoms with van der Waals surface area (Å²) in [5.41, 5.74) is 2.97. The van der Waals surface area contributed by atoms with Crippen LogP contribution in [0.5, 0.6) is 0 Å². The fraction of sp³-hybridized carbons (Fsp3) is 0.273. The van der Waals surface area contributed by atoms with E-state index in [0.717, 1.165) is 18.4 Å². The monoisotopic (exact) mass is 391 g/mol. The van der Waals surface area contributed by atoms with E-state index in [1.165, 1.54) is 5.56 Å². The van der Waals surface area contributed by atoms with E-state index in [9.17, 15) is 9.59 Å². The summed E-state index contributed by atoms with van der Waals surface area (Å²) in [5.74, 6) is 0.137. The average molecular weight is 391 g/mol. The summed E-state index contributed by atoms with van der Waals surface area (Å²) < 4.78 is 10.6. The number of amides is 1. The molecule has 0 saturated carbocycles. The maximum Gasteiger partial charge on any atom is 0.340 e. The van der Waals surface area contributed by atoms with E-state index < -0.39 is 5.97 Å². The Kier molecular flexibility index (Phi) is 5.37. The predicted octanol–water partition coefficient (Wildman–Crippen LogP) is 3.78. The number of hydrogen-bond acceptors (Lipinski definition) is 6. The Morgan fingerprint density at radius 1 is 1.17 bits per heavy atom. The quantitative estimate of drug-likeness (QED) is 0.595. The molecular formula is C22H21N3O4. The van der Waals surface area contributed by atoms with Gasteiger partial charge in [0.05, 0.1) is 11.3 Å². The zero-order valence-electron chi connectivity index (χ0n) is 16.1. The van der Waals surface area contributed by atoms with Gasteiger partial charge in [-0.05, 0) is 30.5 Å². The van der Waals surface area contributed by atoms with Crippen LogP contribution in [-0.2, 0) is 22.6 Å². The highest BCUT2D eigenvalue weighted by Crippen LogP contribution is 2.26. The van der Waals surface area contributed by atoms with E-state index in [0.29, 0.717) is 30.0 Å². The number of anilines is 1. The van der Waals surface area contributed by atoms with Crippen molar-refractivity contribution >= 4 is 17.6 Å². The maximum atomic E-state index is 12.6. The van der Waals surface area contributed by atoms with E-state index in [1.807, 2.05) is 24.3 Å². The molecule has 1 amide bonds. The molecule has 4 rings (SSSR count). The Labute approximate surface area is 168 Å². The molecule has 148 valence electrons. The summed E-state index contributed by atoms with van der Waals surface area (Å²) >= 11 is 0. The maximum absolute atomic E-state index is 12.6. The summed E-state index contributed by atoms with van der Waals surface area (Å²) in [6, 6.07) is 14.8. The third-order valence-electron chi connectivity index (χ3n) is 4.90. The van der Waals surface area contributed by atoms with Gasteiger partial charge in [-0.3, -0.25) is 4.79 Å². The van der Waals surface area contributed by atoms with Crippen molar-refractivity contribution in [3.05, 3.63) is 65.5 Å². The molecule has 7 heteroatoms. The molecule has 0 atom stereocenters. The first kappa shape index (κ1) is 18.9. The van der Waals surface area contributed by atoms with Crippen molar-refractivity contribution < 1.29 is 18.8 Å². The smallest absolute Gasteiger partial charge is 0.340 e. The molecule has 0 spiro atoms. The minimum absolute atomic E-state index is 0.0147. The molecule has 0 radical (unpaired) electrons. The standard InChI is InChI=1S/C22H21N3O4/c1-2-15-9-11-16(12-10-15)21-23-19(29-24-21)14-28-22(27)17-6-3-4-7-18(17)25-13-5-8-20(25)26/h3-4,6-7,9-12H,2,5,8,13-14H2,1H3. The summed E-state index contributed by atoms with van der Waals surface area (Å²) in [6.07, 6.45) is 2.23. The molecule has 0 aliphatic carbocycles. The molecule has 0 unspecified atom stereocenters. The number of para-hydroxylation sites is 1. The number of hydrogen-bond donors (Lipinski definition) is 0. The summed E-state index contributed by atoms with van der Waals surface area (Å²) in [6.45, 7) is 2.56. The Hall–Kier alpha value is -3.48. The van der Waals surface area contributed by atoms with Gasteiger partial charge in [0.25, 0.3) is 5.89 Å². The van der Waals surface area contributed by atoms with Crippen molar-refractivity contribution in [2.24, 2.45) is 0 Å². The second-order valence-electron chi connectivity index (χ2n) is 6.80. The molecule has 3 aromatic rings. The van der Waals surface area contributed by atoms with Gasteiger partial charge in [0, 0.05) is 18.5 Å². The van der Waals surface area contributed by atoms with Crippen molar-refractivity contribution in [2.45, 2.75) is 32.8 Å². The van der Waals surface area contributed by atoms with E-state index in [2.05, 4.69) is 17.1 Å². The van der Waals surface area contributed by atoms with Gasteiger partial charge in [-0.1, -0.05) is 48.5 Å². The highest BCUT2D eigenvalue weighted by Gasteiger charge is 2.26. The van der Waals surface area contributed by atoms with Crippen LogP contribution >= 0.6 is 0 Å². The summed E-state index contributed by atoms with van der Waals surface area (Å²) in [5, 5.41) is 3.95. The highest BCUT2D eigenvalue weighted by atomic mass is 16.6.